The van der Waals surface area contributed by atoms with Gasteiger partial charge in [-0.3, -0.25) is 0 Å². The molecule has 0 fully saturated rings. The quantitative estimate of drug-likeness (QED) is 0.662. The second kappa shape index (κ2) is 3.56. The maximum absolute atomic E-state index is 10.2. The zero-order valence-corrected chi connectivity index (χ0v) is 7.82. The molecular weight excluding hydrogens is 166 g/mol. The van der Waals surface area contributed by atoms with E-state index in [0.717, 1.165) is 0 Å². The van der Waals surface area contributed by atoms with Crippen molar-refractivity contribution in [3.8, 4) is 0 Å². The summed E-state index contributed by atoms with van der Waals surface area (Å²) >= 11 is 0. The molecule has 1 aliphatic rings. The van der Waals surface area contributed by atoms with E-state index >= 15 is 0 Å². The van der Waals surface area contributed by atoms with E-state index in [-0.39, 0.29) is 11.2 Å². The predicted octanol–water partition coefficient (Wildman–Crippen LogP) is 3.06. The van der Waals surface area contributed by atoms with Crippen molar-refractivity contribution in [2.75, 3.05) is 0 Å². The summed E-state index contributed by atoms with van der Waals surface area (Å²) in [6, 6.07) is 0. The summed E-state index contributed by atoms with van der Waals surface area (Å²) in [7, 11) is 0. The number of nitrogens with zero attached hydrogens (tertiary/aromatic N) is 1. The van der Waals surface area contributed by atoms with Gasteiger partial charge < -0.3 is 5.11 Å². The first-order chi connectivity index (χ1) is 6.06. The lowest BCUT2D eigenvalue weighted by Gasteiger charge is -2.22. The van der Waals surface area contributed by atoms with Gasteiger partial charge in [0.25, 0.3) is 0 Å². The Balaban J connectivity index is 2.82. The zero-order valence-electron chi connectivity index (χ0n) is 7.82. The normalized spacial score (nSPS) is 28.5. The van der Waals surface area contributed by atoms with Crippen molar-refractivity contribution in [1.29, 1.82) is 0 Å². The van der Waals surface area contributed by atoms with Crippen LogP contribution in [0.5, 0.6) is 0 Å². The third kappa shape index (κ3) is 2.54. The van der Waals surface area contributed by atoms with Gasteiger partial charge in [0.2, 0.25) is 0 Å². The van der Waals surface area contributed by atoms with Crippen LogP contribution in [-0.2, 0) is 0 Å². The van der Waals surface area contributed by atoms with Gasteiger partial charge in [0.1, 0.15) is 5.76 Å². The lowest BCUT2D eigenvalue weighted by molar-refractivity contribution is 0.412. The molecular formula is C10H13NO2. The van der Waals surface area contributed by atoms with Crippen LogP contribution in [0.2, 0.25) is 0 Å². The van der Waals surface area contributed by atoms with Crippen molar-refractivity contribution < 1.29 is 5.11 Å². The molecule has 0 bridgehead atoms. The van der Waals surface area contributed by atoms with Crippen LogP contribution in [-0.4, -0.2) is 5.11 Å². The van der Waals surface area contributed by atoms with E-state index in [1.54, 1.807) is 25.2 Å². The Labute approximate surface area is 77.4 Å². The predicted molar refractivity (Wildman–Crippen MR) is 52.1 cm³/mol. The van der Waals surface area contributed by atoms with Gasteiger partial charge in [-0.05, 0) is 36.7 Å². The van der Waals surface area contributed by atoms with Gasteiger partial charge in [0.05, 0.1) is 5.70 Å². The van der Waals surface area contributed by atoms with Gasteiger partial charge in [0.15, 0.2) is 0 Å². The first kappa shape index (κ1) is 9.71. The Kier molecular flexibility index (Phi) is 2.66. The minimum atomic E-state index is -0.190. The average molecular weight is 179 g/mol. The fourth-order valence-corrected chi connectivity index (χ4v) is 1.35. The molecule has 3 heteroatoms. The van der Waals surface area contributed by atoms with Crippen molar-refractivity contribution in [2.24, 2.45) is 10.6 Å². The Bertz CT molecular complexity index is 302. The van der Waals surface area contributed by atoms with Gasteiger partial charge in [-0.1, -0.05) is 13.0 Å². The smallest absolute Gasteiger partial charge is 0.111 e. The molecule has 0 aromatic heterocycles. The first-order valence-electron chi connectivity index (χ1n) is 4.17. The maximum atomic E-state index is 10.2. The summed E-state index contributed by atoms with van der Waals surface area (Å²) in [5.41, 5.74) is 0.284. The van der Waals surface area contributed by atoms with Crippen LogP contribution in [0.1, 0.15) is 20.3 Å². The van der Waals surface area contributed by atoms with Crippen LogP contribution in [0.15, 0.2) is 40.9 Å². The van der Waals surface area contributed by atoms with Gasteiger partial charge in [-0.2, -0.15) is 0 Å². The number of nitroso groups, excluding NO2 is 1. The molecule has 13 heavy (non-hydrogen) atoms. The second-order valence-electron chi connectivity index (χ2n) is 3.55. The summed E-state index contributed by atoms with van der Waals surface area (Å²) < 4.78 is 0. The van der Waals surface area contributed by atoms with Crippen LogP contribution in [0.25, 0.3) is 0 Å². The Hall–Kier alpha value is -1.38. The molecule has 1 rings (SSSR count). The molecule has 0 aromatic rings. The number of allylic oxidation sites excluding steroid dienone is 5. The first-order valence-corrected chi connectivity index (χ1v) is 4.17. The van der Waals surface area contributed by atoms with Crippen LogP contribution < -0.4 is 0 Å². The Morgan fingerprint density at radius 1 is 1.77 bits per heavy atom. The molecule has 0 aromatic carbocycles. The molecule has 3 nitrogen and oxygen atoms in total. The fourth-order valence-electron chi connectivity index (χ4n) is 1.35. The van der Waals surface area contributed by atoms with Gasteiger partial charge in [-0.15, -0.1) is 4.91 Å². The van der Waals surface area contributed by atoms with E-state index in [4.69, 9.17) is 5.11 Å². The summed E-state index contributed by atoms with van der Waals surface area (Å²) in [5, 5.41) is 11.9. The van der Waals surface area contributed by atoms with Gasteiger partial charge >= 0.3 is 0 Å². The number of aliphatic hydroxyl groups is 1. The minimum Gasteiger partial charge on any atom is -0.508 e. The zero-order chi connectivity index (χ0) is 9.90. The Morgan fingerprint density at radius 3 is 2.92 bits per heavy atom. The number of aliphatic hydroxyl groups excluding tert-OH is 1. The highest BCUT2D eigenvalue weighted by Crippen LogP contribution is 2.31. The molecule has 0 heterocycles. The summed E-state index contributed by atoms with van der Waals surface area (Å²) in [4.78, 5) is 10.2. The molecule has 0 amide bonds. The molecule has 1 atom stereocenters. The third-order valence-corrected chi connectivity index (χ3v) is 2.07. The Morgan fingerprint density at radius 2 is 2.46 bits per heavy atom. The molecule has 0 spiro atoms. The highest BCUT2D eigenvalue weighted by molar-refractivity contribution is 5.26. The van der Waals surface area contributed by atoms with Crippen LogP contribution in [0.3, 0.4) is 0 Å². The van der Waals surface area contributed by atoms with Crippen LogP contribution in [0, 0.1) is 10.3 Å². The van der Waals surface area contributed by atoms with Crippen molar-refractivity contribution >= 4 is 0 Å². The number of rotatable bonds is 2. The van der Waals surface area contributed by atoms with Crippen molar-refractivity contribution in [1.82, 2.24) is 0 Å². The molecule has 1 aliphatic carbocycles. The highest BCUT2D eigenvalue weighted by atomic mass is 16.3. The van der Waals surface area contributed by atoms with E-state index in [1.165, 1.54) is 0 Å². The van der Waals surface area contributed by atoms with E-state index in [9.17, 15) is 4.91 Å². The highest BCUT2D eigenvalue weighted by Gasteiger charge is 2.20. The number of hydrogen-bond donors (Lipinski definition) is 1. The van der Waals surface area contributed by atoms with Gasteiger partial charge in [-0.25, -0.2) is 0 Å². The van der Waals surface area contributed by atoms with Crippen LogP contribution >= 0.6 is 0 Å². The van der Waals surface area contributed by atoms with Gasteiger partial charge in [0, 0.05) is 5.41 Å². The molecule has 1 unspecified atom stereocenters. The molecule has 0 saturated heterocycles. The maximum Gasteiger partial charge on any atom is 0.111 e. The summed E-state index contributed by atoms with van der Waals surface area (Å²) in [5.74, 6) is 0.280. The topological polar surface area (TPSA) is 49.7 Å². The molecule has 1 N–H and O–H groups in total. The largest absolute Gasteiger partial charge is 0.508 e. The van der Waals surface area contributed by atoms with Crippen molar-refractivity contribution in [3.05, 3.63) is 40.7 Å². The molecule has 0 radical (unpaired) electrons. The van der Waals surface area contributed by atoms with Crippen LogP contribution in [0.4, 0.5) is 0 Å². The van der Waals surface area contributed by atoms with Crippen molar-refractivity contribution in [3.63, 3.8) is 0 Å². The third-order valence-electron chi connectivity index (χ3n) is 2.07. The minimum absolute atomic E-state index is 0.190. The SMILES string of the molecule is CC(=CC1(C)C=CC(O)=CC1)N=O. The summed E-state index contributed by atoms with van der Waals surface area (Å²) in [6.07, 6.45) is 7.74. The lowest BCUT2D eigenvalue weighted by atomic mass is 9.83. The van der Waals surface area contributed by atoms with E-state index in [2.05, 4.69) is 5.18 Å². The number of hydrogen-bond acceptors (Lipinski definition) is 3. The summed E-state index contributed by atoms with van der Waals surface area (Å²) in [6.45, 7) is 3.66. The standard InChI is InChI=1S/C10H13NO2/c1-8(11-13)7-10(2)5-3-9(12)4-6-10/h3-5,7,12H,6H2,1-2H3. The molecule has 0 saturated carbocycles. The van der Waals surface area contributed by atoms with E-state index in [1.807, 2.05) is 13.0 Å². The van der Waals surface area contributed by atoms with Crippen molar-refractivity contribution in [2.45, 2.75) is 20.3 Å². The monoisotopic (exact) mass is 179 g/mol. The second-order valence-corrected chi connectivity index (χ2v) is 3.55. The van der Waals surface area contributed by atoms with E-state index < -0.39 is 0 Å². The lowest BCUT2D eigenvalue weighted by Crippen LogP contribution is -2.11. The molecule has 0 aliphatic heterocycles. The average Bonchev–Trinajstić information content (AvgIpc) is 2.10. The molecule has 70 valence electrons. The fraction of sp³-hybridized carbons (Fsp3) is 0.400. The van der Waals surface area contributed by atoms with E-state index in [0.29, 0.717) is 12.1 Å².